The van der Waals surface area contributed by atoms with Crippen LogP contribution in [0.2, 0.25) is 0 Å². The lowest BCUT2D eigenvalue weighted by Gasteiger charge is -2.21. The third-order valence-corrected chi connectivity index (χ3v) is 2.32. The highest BCUT2D eigenvalue weighted by Crippen LogP contribution is 2.32. The van der Waals surface area contributed by atoms with E-state index in [0.717, 1.165) is 17.4 Å². The molecular weight excluding hydrogens is 176 g/mol. The highest BCUT2D eigenvalue weighted by atomic mass is 16.3. The lowest BCUT2D eigenvalue weighted by molar-refractivity contribution is 0.112. The molecule has 76 valence electrons. The van der Waals surface area contributed by atoms with Gasteiger partial charge >= 0.3 is 0 Å². The van der Waals surface area contributed by atoms with Gasteiger partial charge in [-0.3, -0.25) is 4.79 Å². The van der Waals surface area contributed by atoms with Crippen molar-refractivity contribution >= 4 is 6.29 Å². The molecule has 0 saturated heterocycles. The Morgan fingerprint density at radius 1 is 1.29 bits per heavy atom. The second kappa shape index (κ2) is 3.45. The minimum absolute atomic E-state index is 0.101. The van der Waals surface area contributed by atoms with E-state index in [9.17, 15) is 9.90 Å². The van der Waals surface area contributed by atoms with Crippen molar-refractivity contribution in [3.8, 4) is 5.75 Å². The predicted molar refractivity (Wildman–Crippen MR) is 56.9 cm³/mol. The molecule has 0 aliphatic rings. The zero-order chi connectivity index (χ0) is 10.9. The van der Waals surface area contributed by atoms with E-state index in [1.807, 2.05) is 33.8 Å². The summed E-state index contributed by atoms with van der Waals surface area (Å²) in [6, 6.07) is 3.40. The van der Waals surface area contributed by atoms with Crippen LogP contribution >= 0.6 is 0 Å². The summed E-state index contributed by atoms with van der Waals surface area (Å²) in [5.41, 5.74) is 2.23. The van der Waals surface area contributed by atoms with Gasteiger partial charge in [-0.1, -0.05) is 26.8 Å². The first-order valence-electron chi connectivity index (χ1n) is 4.65. The minimum atomic E-state index is -0.101. The maximum atomic E-state index is 10.6. The van der Waals surface area contributed by atoms with Gasteiger partial charge in [0.1, 0.15) is 12.0 Å². The average Bonchev–Trinajstić information content (AvgIpc) is 2.06. The Balaban J connectivity index is 3.36. The van der Waals surface area contributed by atoms with Crippen LogP contribution in [0.25, 0.3) is 0 Å². The van der Waals surface area contributed by atoms with Gasteiger partial charge in [0.15, 0.2) is 0 Å². The maximum Gasteiger partial charge on any atom is 0.150 e. The molecule has 0 bridgehead atoms. The summed E-state index contributed by atoms with van der Waals surface area (Å²) >= 11 is 0. The number of rotatable bonds is 1. The van der Waals surface area contributed by atoms with Crippen LogP contribution in [0.4, 0.5) is 0 Å². The van der Waals surface area contributed by atoms with E-state index in [4.69, 9.17) is 0 Å². The fourth-order valence-corrected chi connectivity index (χ4v) is 1.44. The monoisotopic (exact) mass is 192 g/mol. The molecule has 1 N–H and O–H groups in total. The number of phenolic OH excluding ortho intramolecular Hbond substituents is 1. The van der Waals surface area contributed by atoms with Crippen molar-refractivity contribution in [2.75, 3.05) is 0 Å². The van der Waals surface area contributed by atoms with Crippen LogP contribution in [0.15, 0.2) is 12.1 Å². The summed E-state index contributed by atoms with van der Waals surface area (Å²) in [5.74, 6) is 0.199. The summed E-state index contributed by atoms with van der Waals surface area (Å²) in [4.78, 5) is 10.6. The largest absolute Gasteiger partial charge is 0.508 e. The predicted octanol–water partition coefficient (Wildman–Crippen LogP) is 2.81. The Hall–Kier alpha value is -1.31. The third kappa shape index (κ3) is 1.95. The molecule has 2 heteroatoms. The molecule has 1 rings (SSSR count). The standard InChI is InChI=1S/C12H16O2/c1-8-5-10(12(2,3)4)11(14)6-9(8)7-13/h5-7,14H,1-4H3. The van der Waals surface area contributed by atoms with Crippen LogP contribution in [0.3, 0.4) is 0 Å². The van der Waals surface area contributed by atoms with Gasteiger partial charge in [0, 0.05) is 5.56 Å². The fraction of sp³-hybridized carbons (Fsp3) is 0.417. The zero-order valence-electron chi connectivity index (χ0n) is 9.09. The van der Waals surface area contributed by atoms with E-state index in [1.165, 1.54) is 6.07 Å². The number of aromatic hydroxyl groups is 1. The van der Waals surface area contributed by atoms with Crippen LogP contribution in [-0.4, -0.2) is 11.4 Å². The number of benzene rings is 1. The number of carbonyl (C=O) groups is 1. The first kappa shape index (κ1) is 10.8. The average molecular weight is 192 g/mol. The molecule has 0 radical (unpaired) electrons. The Bertz CT molecular complexity index is 359. The van der Waals surface area contributed by atoms with E-state index < -0.39 is 0 Å². The molecule has 0 aliphatic heterocycles. The molecule has 0 unspecified atom stereocenters. The molecule has 2 nitrogen and oxygen atoms in total. The van der Waals surface area contributed by atoms with Crippen LogP contribution in [0.5, 0.6) is 5.75 Å². The van der Waals surface area contributed by atoms with E-state index >= 15 is 0 Å². The van der Waals surface area contributed by atoms with Crippen molar-refractivity contribution in [1.29, 1.82) is 0 Å². The quantitative estimate of drug-likeness (QED) is 0.695. The van der Waals surface area contributed by atoms with Gasteiger partial charge in [0.25, 0.3) is 0 Å². The van der Waals surface area contributed by atoms with Crippen LogP contribution < -0.4 is 0 Å². The Morgan fingerprint density at radius 2 is 1.86 bits per heavy atom. The fourth-order valence-electron chi connectivity index (χ4n) is 1.44. The Kier molecular flexibility index (Phi) is 2.65. The molecule has 0 spiro atoms. The van der Waals surface area contributed by atoms with E-state index in [0.29, 0.717) is 5.56 Å². The SMILES string of the molecule is Cc1cc(C(C)(C)C)c(O)cc1C=O. The van der Waals surface area contributed by atoms with Gasteiger partial charge < -0.3 is 5.11 Å². The second-order valence-electron chi connectivity index (χ2n) is 4.59. The number of hydrogen-bond acceptors (Lipinski definition) is 2. The van der Waals surface area contributed by atoms with Crippen molar-refractivity contribution < 1.29 is 9.90 Å². The summed E-state index contributed by atoms with van der Waals surface area (Å²) in [6.45, 7) is 7.96. The lowest BCUT2D eigenvalue weighted by atomic mass is 9.84. The molecule has 14 heavy (non-hydrogen) atoms. The molecule has 0 aromatic heterocycles. The van der Waals surface area contributed by atoms with Gasteiger partial charge in [-0.15, -0.1) is 0 Å². The summed E-state index contributed by atoms with van der Waals surface area (Å²) in [6.07, 6.45) is 0.765. The molecule has 1 aromatic carbocycles. The highest BCUT2D eigenvalue weighted by molar-refractivity contribution is 5.78. The van der Waals surface area contributed by atoms with E-state index in [-0.39, 0.29) is 11.2 Å². The van der Waals surface area contributed by atoms with Gasteiger partial charge in [0.05, 0.1) is 0 Å². The lowest BCUT2D eigenvalue weighted by Crippen LogP contribution is -2.12. The number of aryl methyl sites for hydroxylation is 1. The smallest absolute Gasteiger partial charge is 0.150 e. The molecule has 0 atom stereocenters. The third-order valence-electron chi connectivity index (χ3n) is 2.32. The van der Waals surface area contributed by atoms with Crippen molar-refractivity contribution in [3.05, 3.63) is 28.8 Å². The normalized spacial score (nSPS) is 11.4. The summed E-state index contributed by atoms with van der Waals surface area (Å²) in [5, 5.41) is 9.72. The van der Waals surface area contributed by atoms with Crippen molar-refractivity contribution in [2.24, 2.45) is 0 Å². The molecule has 0 saturated carbocycles. The van der Waals surface area contributed by atoms with E-state index in [2.05, 4.69) is 0 Å². The van der Waals surface area contributed by atoms with Crippen LogP contribution in [0, 0.1) is 6.92 Å². The van der Waals surface area contributed by atoms with E-state index in [1.54, 1.807) is 0 Å². The van der Waals surface area contributed by atoms with Gasteiger partial charge in [-0.05, 0) is 29.5 Å². The first-order chi connectivity index (χ1) is 6.36. The molecule has 1 aromatic rings. The van der Waals surface area contributed by atoms with Crippen LogP contribution in [-0.2, 0) is 5.41 Å². The Morgan fingerprint density at radius 3 is 2.29 bits per heavy atom. The number of carbonyl (C=O) groups excluding carboxylic acids is 1. The van der Waals surface area contributed by atoms with Gasteiger partial charge in [-0.25, -0.2) is 0 Å². The molecular formula is C12H16O2. The molecule has 0 heterocycles. The maximum absolute atomic E-state index is 10.6. The highest BCUT2D eigenvalue weighted by Gasteiger charge is 2.19. The van der Waals surface area contributed by atoms with Crippen molar-refractivity contribution in [2.45, 2.75) is 33.1 Å². The minimum Gasteiger partial charge on any atom is -0.508 e. The van der Waals surface area contributed by atoms with Crippen LogP contribution in [0.1, 0.15) is 42.3 Å². The van der Waals surface area contributed by atoms with Crippen molar-refractivity contribution in [1.82, 2.24) is 0 Å². The Labute approximate surface area is 84.6 Å². The zero-order valence-corrected chi connectivity index (χ0v) is 9.09. The topological polar surface area (TPSA) is 37.3 Å². The molecule has 0 fully saturated rings. The van der Waals surface area contributed by atoms with Crippen molar-refractivity contribution in [3.63, 3.8) is 0 Å². The number of hydrogen-bond donors (Lipinski definition) is 1. The second-order valence-corrected chi connectivity index (χ2v) is 4.59. The van der Waals surface area contributed by atoms with Gasteiger partial charge in [0.2, 0.25) is 0 Å². The molecule has 0 amide bonds. The molecule has 0 aliphatic carbocycles. The first-order valence-corrected chi connectivity index (χ1v) is 4.65. The summed E-state index contributed by atoms with van der Waals surface area (Å²) < 4.78 is 0. The number of phenols is 1. The van der Waals surface area contributed by atoms with Gasteiger partial charge in [-0.2, -0.15) is 0 Å². The number of aldehydes is 1. The summed E-state index contributed by atoms with van der Waals surface area (Å²) in [7, 11) is 0.